The van der Waals surface area contributed by atoms with Crippen molar-refractivity contribution in [2.24, 2.45) is 15.8 Å². The van der Waals surface area contributed by atoms with Crippen molar-refractivity contribution in [2.45, 2.75) is 47.7 Å². The Kier molecular flexibility index (Phi) is 7.23. The van der Waals surface area contributed by atoms with Crippen LogP contribution in [0.15, 0.2) is 107 Å². The number of anilines is 3. The standard InChI is InChI=1S/C40H40N4O4/c1-24-9-15-27(16-10-24)42-35(39(3,4)37(42)45)34-33(41-26-13-19-29(47-7)20-14-26)31-23-30(48-8)21-22-32(31)44(34)36-40(5,6)38(46)43(36)28-17-11-25(2)12-18-28/h9-23,36H,1-8H3/b35-34-,41-33?. The lowest BCUT2D eigenvalue weighted by Crippen LogP contribution is -2.73. The Morgan fingerprint density at radius 2 is 1.23 bits per heavy atom. The van der Waals surface area contributed by atoms with Gasteiger partial charge in [-0.25, -0.2) is 4.99 Å². The zero-order chi connectivity index (χ0) is 34.1. The summed E-state index contributed by atoms with van der Waals surface area (Å²) in [5.74, 6) is 1.43. The van der Waals surface area contributed by atoms with Crippen LogP contribution >= 0.6 is 0 Å². The van der Waals surface area contributed by atoms with Crippen LogP contribution in [0.2, 0.25) is 0 Å². The topological polar surface area (TPSA) is 74.7 Å². The first kappa shape index (κ1) is 31.2. The van der Waals surface area contributed by atoms with Gasteiger partial charge in [-0.05, 0) is 108 Å². The molecule has 1 unspecified atom stereocenters. The van der Waals surface area contributed by atoms with Crippen LogP contribution in [0.4, 0.5) is 22.7 Å². The number of carbonyl (C=O) groups excluding carboxylic acids is 2. The summed E-state index contributed by atoms with van der Waals surface area (Å²) in [6, 6.07) is 29.6. The van der Waals surface area contributed by atoms with Crippen molar-refractivity contribution in [1.29, 1.82) is 0 Å². The van der Waals surface area contributed by atoms with Gasteiger partial charge in [-0.2, -0.15) is 0 Å². The minimum atomic E-state index is -0.849. The van der Waals surface area contributed by atoms with Gasteiger partial charge in [0.2, 0.25) is 11.8 Å². The van der Waals surface area contributed by atoms with Crippen LogP contribution in [0.25, 0.3) is 0 Å². The van der Waals surface area contributed by atoms with Crippen LogP contribution in [-0.4, -0.2) is 37.9 Å². The fraction of sp³-hybridized carbons (Fsp3) is 0.275. The highest BCUT2D eigenvalue weighted by atomic mass is 16.5. The fourth-order valence-electron chi connectivity index (χ4n) is 7.02. The number of rotatable bonds is 6. The number of β-lactam (4-membered cyclic amide) rings is 2. The second-order valence-electron chi connectivity index (χ2n) is 13.8. The highest BCUT2D eigenvalue weighted by Gasteiger charge is 2.62. The molecule has 2 amide bonds. The molecule has 0 N–H and O–H groups in total. The van der Waals surface area contributed by atoms with Gasteiger partial charge in [-0.3, -0.25) is 19.4 Å². The number of hydrogen-bond acceptors (Lipinski definition) is 6. The molecule has 3 aliphatic rings. The molecule has 0 aliphatic carbocycles. The molecule has 3 heterocycles. The zero-order valence-corrected chi connectivity index (χ0v) is 28.7. The number of benzene rings is 4. The van der Waals surface area contributed by atoms with Gasteiger partial charge >= 0.3 is 0 Å². The van der Waals surface area contributed by atoms with E-state index in [2.05, 4.69) is 4.90 Å². The van der Waals surface area contributed by atoms with E-state index in [0.29, 0.717) is 11.5 Å². The van der Waals surface area contributed by atoms with Crippen LogP contribution in [0.5, 0.6) is 11.5 Å². The van der Waals surface area contributed by atoms with Crippen LogP contribution < -0.4 is 24.2 Å². The normalized spacial score (nSPS) is 21.6. The van der Waals surface area contributed by atoms with E-state index in [0.717, 1.165) is 56.6 Å². The minimum Gasteiger partial charge on any atom is -0.497 e. The first-order chi connectivity index (χ1) is 22.9. The Morgan fingerprint density at radius 3 is 1.81 bits per heavy atom. The predicted octanol–water partition coefficient (Wildman–Crippen LogP) is 7.95. The molecule has 0 saturated carbocycles. The number of allylic oxidation sites excluding steroid dienone is 1. The van der Waals surface area contributed by atoms with Gasteiger partial charge in [0, 0.05) is 16.9 Å². The van der Waals surface area contributed by atoms with Gasteiger partial charge in [0.15, 0.2) is 0 Å². The number of carbonyl (C=O) groups is 2. The Bertz CT molecular complexity index is 2010. The average Bonchev–Trinajstić information content (AvgIpc) is 3.37. The maximum Gasteiger partial charge on any atom is 0.243 e. The molecule has 2 saturated heterocycles. The zero-order valence-electron chi connectivity index (χ0n) is 28.7. The van der Waals surface area contributed by atoms with Crippen molar-refractivity contribution in [1.82, 2.24) is 0 Å². The molecule has 48 heavy (non-hydrogen) atoms. The van der Waals surface area contributed by atoms with Gasteiger partial charge in [0.1, 0.15) is 17.7 Å². The van der Waals surface area contributed by atoms with Gasteiger partial charge < -0.3 is 14.4 Å². The summed E-state index contributed by atoms with van der Waals surface area (Å²) < 4.78 is 11.1. The van der Waals surface area contributed by atoms with E-state index in [4.69, 9.17) is 14.5 Å². The number of fused-ring (bicyclic) bond motifs is 1. The van der Waals surface area contributed by atoms with E-state index in [-0.39, 0.29) is 11.8 Å². The molecule has 0 bridgehead atoms. The van der Waals surface area contributed by atoms with Crippen molar-refractivity contribution in [3.05, 3.63) is 119 Å². The first-order valence-corrected chi connectivity index (χ1v) is 16.2. The van der Waals surface area contributed by atoms with E-state index >= 15 is 0 Å². The van der Waals surface area contributed by atoms with Gasteiger partial charge in [0.25, 0.3) is 0 Å². The maximum absolute atomic E-state index is 14.0. The molecule has 4 aromatic carbocycles. The monoisotopic (exact) mass is 640 g/mol. The van der Waals surface area contributed by atoms with Crippen molar-refractivity contribution >= 4 is 40.3 Å². The van der Waals surface area contributed by atoms with E-state index in [1.165, 1.54) is 0 Å². The number of methoxy groups -OCH3 is 2. The lowest BCUT2D eigenvalue weighted by atomic mass is 9.74. The molecule has 8 heteroatoms. The second-order valence-corrected chi connectivity index (χ2v) is 13.8. The lowest BCUT2D eigenvalue weighted by Gasteiger charge is -2.58. The molecule has 2 fully saturated rings. The molecule has 8 nitrogen and oxygen atoms in total. The molecule has 1 atom stereocenters. The average molecular weight is 641 g/mol. The molecular weight excluding hydrogens is 600 g/mol. The highest BCUT2D eigenvalue weighted by molar-refractivity contribution is 6.27. The maximum atomic E-state index is 14.0. The van der Waals surface area contributed by atoms with Gasteiger partial charge in [-0.1, -0.05) is 35.4 Å². The Labute approximate surface area is 281 Å². The number of aliphatic imine (C=N–C) groups is 1. The van der Waals surface area contributed by atoms with E-state index in [9.17, 15) is 9.59 Å². The van der Waals surface area contributed by atoms with Crippen LogP contribution in [0, 0.1) is 24.7 Å². The Hall–Kier alpha value is -5.37. The Balaban J connectivity index is 1.54. The quantitative estimate of drug-likeness (QED) is 0.200. The van der Waals surface area contributed by atoms with E-state index in [1.807, 2.05) is 137 Å². The smallest absolute Gasteiger partial charge is 0.243 e. The third-order valence-electron chi connectivity index (χ3n) is 9.78. The summed E-state index contributed by atoms with van der Waals surface area (Å²) >= 11 is 0. The summed E-state index contributed by atoms with van der Waals surface area (Å²) in [5.41, 5.74) is 6.95. The molecule has 4 aromatic rings. The van der Waals surface area contributed by atoms with E-state index < -0.39 is 17.0 Å². The molecule has 7 rings (SSSR count). The van der Waals surface area contributed by atoms with Crippen molar-refractivity contribution in [3.8, 4) is 11.5 Å². The molecule has 0 spiro atoms. The minimum absolute atomic E-state index is 0.00882. The molecule has 244 valence electrons. The number of nitrogens with zero attached hydrogens (tertiary/aromatic N) is 4. The van der Waals surface area contributed by atoms with Crippen LogP contribution in [0.1, 0.15) is 44.4 Å². The number of hydrogen-bond donors (Lipinski definition) is 0. The summed E-state index contributed by atoms with van der Waals surface area (Å²) in [6.45, 7) is 12.0. The summed E-state index contributed by atoms with van der Waals surface area (Å²) in [4.78, 5) is 39.2. The van der Waals surface area contributed by atoms with E-state index in [1.54, 1.807) is 19.1 Å². The third kappa shape index (κ3) is 4.61. The van der Waals surface area contributed by atoms with Crippen LogP contribution in [0.3, 0.4) is 0 Å². The number of amides is 2. The lowest BCUT2D eigenvalue weighted by molar-refractivity contribution is -0.137. The van der Waals surface area contributed by atoms with Crippen molar-refractivity contribution in [3.63, 3.8) is 0 Å². The van der Waals surface area contributed by atoms with Crippen molar-refractivity contribution in [2.75, 3.05) is 28.9 Å². The van der Waals surface area contributed by atoms with Gasteiger partial charge in [0.05, 0.1) is 53.5 Å². The fourth-order valence-corrected chi connectivity index (χ4v) is 7.02. The largest absolute Gasteiger partial charge is 0.497 e. The third-order valence-corrected chi connectivity index (χ3v) is 9.78. The second kappa shape index (κ2) is 11.1. The van der Waals surface area contributed by atoms with Gasteiger partial charge in [-0.15, -0.1) is 0 Å². The van der Waals surface area contributed by atoms with Crippen LogP contribution in [-0.2, 0) is 9.59 Å². The first-order valence-electron chi connectivity index (χ1n) is 16.2. The highest BCUT2D eigenvalue weighted by Crippen LogP contribution is 2.55. The predicted molar refractivity (Wildman–Crippen MR) is 190 cm³/mol. The molecule has 3 aliphatic heterocycles. The molecule has 0 radical (unpaired) electrons. The molecule has 0 aromatic heterocycles. The number of ether oxygens (including phenoxy) is 2. The SMILES string of the molecule is COc1ccc(N=C2/C(=C3/N(c4ccc(C)cc4)C(=O)C3(C)C)N(C3N(c4ccc(C)cc4)C(=O)C3(C)C)c3ccc(OC)cc32)cc1. The van der Waals surface area contributed by atoms with Crippen molar-refractivity contribution < 1.29 is 19.1 Å². The molecular formula is C40H40N4O4. The summed E-state index contributed by atoms with van der Waals surface area (Å²) in [6.07, 6.45) is -0.419. The summed E-state index contributed by atoms with van der Waals surface area (Å²) in [5, 5.41) is 0. The summed E-state index contributed by atoms with van der Waals surface area (Å²) in [7, 11) is 3.28. The Morgan fingerprint density at radius 1 is 0.667 bits per heavy atom. The number of aryl methyl sites for hydroxylation is 2.